The maximum Gasteiger partial charge on any atom is 0.139 e. The fraction of sp³-hybridized carbons (Fsp3) is 0.100. The third kappa shape index (κ3) is 1.59. The molecule has 1 aromatic heterocycles. The molecule has 0 aliphatic rings. The zero-order chi connectivity index (χ0) is 9.97. The lowest BCUT2D eigenvalue weighted by Crippen LogP contribution is -1.91. The first kappa shape index (κ1) is 9.09. The van der Waals surface area contributed by atoms with E-state index >= 15 is 0 Å². The molecule has 0 bridgehead atoms. The summed E-state index contributed by atoms with van der Waals surface area (Å²) in [5.74, 6) is 0.665. The second kappa shape index (κ2) is 3.72. The molecule has 0 aliphatic carbocycles. The standard InChI is InChI=1S/C10H9ClN2O/c1-14-10-6-8(2-3-9(10)11)13-5-4-12-7-13/h2-7H,1H3. The molecule has 0 N–H and O–H groups in total. The van der Waals surface area contributed by atoms with Crippen molar-refractivity contribution in [3.63, 3.8) is 0 Å². The van der Waals surface area contributed by atoms with Crippen molar-refractivity contribution in [2.75, 3.05) is 7.11 Å². The number of ether oxygens (including phenoxy) is 1. The Hall–Kier alpha value is -1.48. The summed E-state index contributed by atoms with van der Waals surface area (Å²) in [4.78, 5) is 3.97. The van der Waals surface area contributed by atoms with Crippen LogP contribution in [0.1, 0.15) is 0 Å². The van der Waals surface area contributed by atoms with E-state index in [0.29, 0.717) is 10.8 Å². The molecule has 4 heteroatoms. The van der Waals surface area contributed by atoms with Gasteiger partial charge in [0.25, 0.3) is 0 Å². The molecule has 3 nitrogen and oxygen atoms in total. The van der Waals surface area contributed by atoms with E-state index in [1.54, 1.807) is 25.7 Å². The number of aromatic nitrogens is 2. The Morgan fingerprint density at radius 2 is 2.29 bits per heavy atom. The van der Waals surface area contributed by atoms with Crippen molar-refractivity contribution in [3.8, 4) is 11.4 Å². The minimum Gasteiger partial charge on any atom is -0.495 e. The number of benzene rings is 1. The molecule has 0 fully saturated rings. The van der Waals surface area contributed by atoms with Gasteiger partial charge in [-0.25, -0.2) is 4.98 Å². The maximum absolute atomic E-state index is 5.91. The molecule has 72 valence electrons. The summed E-state index contributed by atoms with van der Waals surface area (Å²) < 4.78 is 7.01. The predicted octanol–water partition coefficient (Wildman–Crippen LogP) is 2.53. The SMILES string of the molecule is COc1cc(-n2ccnc2)ccc1Cl. The van der Waals surface area contributed by atoms with Crippen LogP contribution in [-0.2, 0) is 0 Å². The van der Waals surface area contributed by atoms with E-state index in [1.807, 2.05) is 22.9 Å². The molecule has 1 aromatic carbocycles. The lowest BCUT2D eigenvalue weighted by molar-refractivity contribution is 0.415. The van der Waals surface area contributed by atoms with Gasteiger partial charge in [0.2, 0.25) is 0 Å². The predicted molar refractivity (Wildman–Crippen MR) is 55.1 cm³/mol. The van der Waals surface area contributed by atoms with Crippen LogP contribution in [0.5, 0.6) is 5.75 Å². The third-order valence-corrected chi connectivity index (χ3v) is 2.25. The van der Waals surface area contributed by atoms with E-state index < -0.39 is 0 Å². The van der Waals surface area contributed by atoms with Gasteiger partial charge in [0.1, 0.15) is 5.75 Å². The highest BCUT2D eigenvalue weighted by Gasteiger charge is 2.02. The molecular weight excluding hydrogens is 200 g/mol. The topological polar surface area (TPSA) is 27.1 Å². The summed E-state index contributed by atoms with van der Waals surface area (Å²) >= 11 is 5.91. The Morgan fingerprint density at radius 1 is 1.43 bits per heavy atom. The summed E-state index contributed by atoms with van der Waals surface area (Å²) in [6, 6.07) is 5.58. The average molecular weight is 209 g/mol. The highest BCUT2D eigenvalue weighted by Crippen LogP contribution is 2.26. The smallest absolute Gasteiger partial charge is 0.139 e. The lowest BCUT2D eigenvalue weighted by atomic mass is 10.3. The molecule has 14 heavy (non-hydrogen) atoms. The minimum atomic E-state index is 0.608. The monoisotopic (exact) mass is 208 g/mol. The van der Waals surface area contributed by atoms with Gasteiger partial charge in [-0.3, -0.25) is 0 Å². The maximum atomic E-state index is 5.91. The van der Waals surface area contributed by atoms with Crippen LogP contribution >= 0.6 is 11.6 Å². The summed E-state index contributed by atoms with van der Waals surface area (Å²) in [6.07, 6.45) is 5.31. The first-order valence-corrected chi connectivity index (χ1v) is 4.51. The Balaban J connectivity index is 2.46. The first-order chi connectivity index (χ1) is 6.81. The first-order valence-electron chi connectivity index (χ1n) is 4.13. The van der Waals surface area contributed by atoms with Crippen LogP contribution in [0, 0.1) is 0 Å². The molecule has 1 heterocycles. The van der Waals surface area contributed by atoms with Crippen molar-refractivity contribution < 1.29 is 4.74 Å². The Labute approximate surface area is 86.9 Å². The van der Waals surface area contributed by atoms with Gasteiger partial charge in [-0.2, -0.15) is 0 Å². The summed E-state index contributed by atoms with van der Waals surface area (Å²) in [5.41, 5.74) is 0.976. The third-order valence-electron chi connectivity index (χ3n) is 1.94. The minimum absolute atomic E-state index is 0.608. The lowest BCUT2D eigenvalue weighted by Gasteiger charge is -2.06. The van der Waals surface area contributed by atoms with Crippen molar-refractivity contribution in [2.24, 2.45) is 0 Å². The fourth-order valence-corrected chi connectivity index (χ4v) is 1.42. The van der Waals surface area contributed by atoms with Gasteiger partial charge >= 0.3 is 0 Å². The van der Waals surface area contributed by atoms with Crippen molar-refractivity contribution in [2.45, 2.75) is 0 Å². The van der Waals surface area contributed by atoms with Crippen LogP contribution in [0.15, 0.2) is 36.9 Å². The summed E-state index contributed by atoms with van der Waals surface area (Å²) in [6.45, 7) is 0. The molecule has 0 atom stereocenters. The number of hydrogen-bond donors (Lipinski definition) is 0. The van der Waals surface area contributed by atoms with Crippen molar-refractivity contribution in [1.82, 2.24) is 9.55 Å². The van der Waals surface area contributed by atoms with Crippen LogP contribution in [0.2, 0.25) is 5.02 Å². The number of nitrogens with zero attached hydrogens (tertiary/aromatic N) is 2. The van der Waals surface area contributed by atoms with Crippen LogP contribution in [-0.4, -0.2) is 16.7 Å². The average Bonchev–Trinajstić information content (AvgIpc) is 2.71. The number of methoxy groups -OCH3 is 1. The van der Waals surface area contributed by atoms with E-state index in [1.165, 1.54) is 0 Å². The summed E-state index contributed by atoms with van der Waals surface area (Å²) in [5, 5.41) is 0.608. The number of halogens is 1. The highest BCUT2D eigenvalue weighted by molar-refractivity contribution is 6.32. The molecule has 2 aromatic rings. The van der Waals surface area contributed by atoms with Crippen molar-refractivity contribution >= 4 is 11.6 Å². The zero-order valence-electron chi connectivity index (χ0n) is 7.64. The Kier molecular flexibility index (Phi) is 2.41. The van der Waals surface area contributed by atoms with E-state index in [9.17, 15) is 0 Å². The molecular formula is C10H9ClN2O. The van der Waals surface area contributed by atoms with E-state index in [4.69, 9.17) is 16.3 Å². The Morgan fingerprint density at radius 3 is 2.93 bits per heavy atom. The normalized spacial score (nSPS) is 10.1. The molecule has 0 spiro atoms. The van der Waals surface area contributed by atoms with Crippen molar-refractivity contribution in [1.29, 1.82) is 0 Å². The largest absolute Gasteiger partial charge is 0.495 e. The number of rotatable bonds is 2. The number of imidazole rings is 1. The number of hydrogen-bond acceptors (Lipinski definition) is 2. The molecule has 0 aliphatic heterocycles. The van der Waals surface area contributed by atoms with Crippen molar-refractivity contribution in [3.05, 3.63) is 41.9 Å². The van der Waals surface area contributed by atoms with Gasteiger partial charge in [0.05, 0.1) is 24.1 Å². The van der Waals surface area contributed by atoms with Gasteiger partial charge in [0.15, 0.2) is 0 Å². The fourth-order valence-electron chi connectivity index (χ4n) is 1.22. The van der Waals surface area contributed by atoms with Crippen LogP contribution < -0.4 is 4.74 Å². The quantitative estimate of drug-likeness (QED) is 0.759. The second-order valence-corrected chi connectivity index (χ2v) is 3.20. The second-order valence-electron chi connectivity index (χ2n) is 2.79. The molecule has 0 saturated carbocycles. The molecule has 0 saturated heterocycles. The highest BCUT2D eigenvalue weighted by atomic mass is 35.5. The molecule has 0 unspecified atom stereocenters. The van der Waals surface area contributed by atoms with E-state index in [0.717, 1.165) is 5.69 Å². The van der Waals surface area contributed by atoms with Gasteiger partial charge in [-0.1, -0.05) is 11.6 Å². The molecule has 0 amide bonds. The van der Waals surface area contributed by atoms with Gasteiger partial charge in [-0.05, 0) is 12.1 Å². The van der Waals surface area contributed by atoms with Gasteiger partial charge in [-0.15, -0.1) is 0 Å². The van der Waals surface area contributed by atoms with Crippen LogP contribution in [0.25, 0.3) is 5.69 Å². The van der Waals surface area contributed by atoms with E-state index in [-0.39, 0.29) is 0 Å². The van der Waals surface area contributed by atoms with Gasteiger partial charge < -0.3 is 9.30 Å². The van der Waals surface area contributed by atoms with E-state index in [2.05, 4.69) is 4.98 Å². The van der Waals surface area contributed by atoms with Crippen LogP contribution in [0.4, 0.5) is 0 Å². The van der Waals surface area contributed by atoms with Crippen LogP contribution in [0.3, 0.4) is 0 Å². The molecule has 0 radical (unpaired) electrons. The summed E-state index contributed by atoms with van der Waals surface area (Å²) in [7, 11) is 1.60. The zero-order valence-corrected chi connectivity index (χ0v) is 8.40. The molecule has 2 rings (SSSR count). The van der Waals surface area contributed by atoms with Gasteiger partial charge in [0, 0.05) is 18.5 Å². The Bertz CT molecular complexity index is 426.